The first kappa shape index (κ1) is 18.5. The molecule has 2 aromatic carbocycles. The number of ketones is 1. The molecule has 5 nitrogen and oxygen atoms in total. The third kappa shape index (κ3) is 3.25. The fraction of sp³-hybridized carbons (Fsp3) is 0.136. The summed E-state index contributed by atoms with van der Waals surface area (Å²) < 4.78 is 0.730. The Kier molecular flexibility index (Phi) is 4.83. The Hall–Kier alpha value is -2.83. The number of aromatic nitrogens is 1. The van der Waals surface area contributed by atoms with Gasteiger partial charge in [-0.15, -0.1) is 0 Å². The van der Waals surface area contributed by atoms with Crippen LogP contribution in [0.25, 0.3) is 0 Å². The lowest BCUT2D eigenvalue weighted by atomic mass is 9.88. The van der Waals surface area contributed by atoms with Gasteiger partial charge in [0.15, 0.2) is 11.4 Å². The Morgan fingerprint density at radius 3 is 2.61 bits per heavy atom. The highest BCUT2D eigenvalue weighted by Gasteiger charge is 2.51. The van der Waals surface area contributed by atoms with Gasteiger partial charge in [0.25, 0.3) is 5.91 Å². The van der Waals surface area contributed by atoms with E-state index in [2.05, 4.69) is 20.9 Å². The predicted molar refractivity (Wildman–Crippen MR) is 109 cm³/mol. The Bertz CT molecular complexity index is 1040. The lowest BCUT2D eigenvalue weighted by molar-refractivity contribution is -0.136. The largest absolute Gasteiger partial charge is 0.375 e. The molecular weight excluding hydrogens is 420 g/mol. The van der Waals surface area contributed by atoms with E-state index in [1.54, 1.807) is 30.5 Å². The lowest BCUT2D eigenvalue weighted by Crippen LogP contribution is -2.41. The van der Waals surface area contributed by atoms with Gasteiger partial charge >= 0.3 is 0 Å². The zero-order chi connectivity index (χ0) is 19.7. The first-order valence-corrected chi connectivity index (χ1v) is 9.60. The van der Waals surface area contributed by atoms with Gasteiger partial charge in [0.1, 0.15) is 0 Å². The number of hydrogen-bond donors (Lipinski definition) is 1. The Balaban J connectivity index is 1.72. The fourth-order valence-electron chi connectivity index (χ4n) is 3.48. The van der Waals surface area contributed by atoms with Crippen molar-refractivity contribution in [1.82, 2.24) is 4.98 Å². The van der Waals surface area contributed by atoms with Gasteiger partial charge in [-0.25, -0.2) is 0 Å². The van der Waals surface area contributed by atoms with E-state index in [0.717, 1.165) is 10.0 Å². The van der Waals surface area contributed by atoms with Crippen LogP contribution in [0.2, 0.25) is 0 Å². The van der Waals surface area contributed by atoms with Crippen molar-refractivity contribution < 1.29 is 14.7 Å². The van der Waals surface area contributed by atoms with Crippen LogP contribution in [-0.4, -0.2) is 21.8 Å². The van der Waals surface area contributed by atoms with Gasteiger partial charge in [0, 0.05) is 28.0 Å². The van der Waals surface area contributed by atoms with E-state index in [0.29, 0.717) is 23.4 Å². The zero-order valence-electron chi connectivity index (χ0n) is 14.9. The molecule has 0 spiro atoms. The number of nitrogens with zero attached hydrogens (tertiary/aromatic N) is 2. The van der Waals surface area contributed by atoms with Gasteiger partial charge in [-0.2, -0.15) is 0 Å². The van der Waals surface area contributed by atoms with Crippen LogP contribution in [0, 0.1) is 0 Å². The van der Waals surface area contributed by atoms with Crippen LogP contribution in [0.5, 0.6) is 0 Å². The summed E-state index contributed by atoms with van der Waals surface area (Å²) in [5.74, 6) is -0.835. The van der Waals surface area contributed by atoms with E-state index in [-0.39, 0.29) is 12.2 Å². The average molecular weight is 437 g/mol. The highest BCUT2D eigenvalue weighted by atomic mass is 79.9. The summed E-state index contributed by atoms with van der Waals surface area (Å²) in [6.45, 7) is 0.317. The summed E-state index contributed by atoms with van der Waals surface area (Å²) in [5, 5.41) is 11.4. The number of pyridine rings is 1. The smallest absolute Gasteiger partial charge is 0.264 e. The van der Waals surface area contributed by atoms with Crippen molar-refractivity contribution in [2.75, 3.05) is 4.90 Å². The summed E-state index contributed by atoms with van der Waals surface area (Å²) >= 11 is 3.40. The molecule has 0 bridgehead atoms. The van der Waals surface area contributed by atoms with Gasteiger partial charge in [-0.1, -0.05) is 46.3 Å². The van der Waals surface area contributed by atoms with Crippen molar-refractivity contribution in [1.29, 1.82) is 0 Å². The second kappa shape index (κ2) is 7.30. The molecule has 1 aliphatic heterocycles. The number of hydrogen-bond acceptors (Lipinski definition) is 4. The van der Waals surface area contributed by atoms with Crippen molar-refractivity contribution in [3.05, 3.63) is 94.2 Å². The maximum Gasteiger partial charge on any atom is 0.264 e. The zero-order valence-corrected chi connectivity index (χ0v) is 16.5. The SMILES string of the molecule is O=C(C[C@@]1(O)C(=O)N(Cc2ccccc2)c2ccc(Br)cc21)c1cccnc1. The maximum absolute atomic E-state index is 13.3. The van der Waals surface area contributed by atoms with Crippen molar-refractivity contribution in [2.24, 2.45) is 0 Å². The molecule has 0 fully saturated rings. The number of carbonyl (C=O) groups excluding carboxylic acids is 2. The average Bonchev–Trinajstić information content (AvgIpc) is 2.91. The molecule has 140 valence electrons. The van der Waals surface area contributed by atoms with E-state index < -0.39 is 11.5 Å². The number of aliphatic hydroxyl groups is 1. The van der Waals surface area contributed by atoms with Gasteiger partial charge in [0.05, 0.1) is 18.7 Å². The van der Waals surface area contributed by atoms with E-state index in [9.17, 15) is 14.7 Å². The van der Waals surface area contributed by atoms with Crippen LogP contribution < -0.4 is 4.90 Å². The number of rotatable bonds is 5. The van der Waals surface area contributed by atoms with Crippen LogP contribution in [0.3, 0.4) is 0 Å². The lowest BCUT2D eigenvalue weighted by Gasteiger charge is -2.23. The van der Waals surface area contributed by atoms with Gasteiger partial charge in [-0.05, 0) is 35.9 Å². The van der Waals surface area contributed by atoms with Crippen molar-refractivity contribution in [3.63, 3.8) is 0 Å². The van der Waals surface area contributed by atoms with Crippen LogP contribution in [0.15, 0.2) is 77.5 Å². The first-order valence-electron chi connectivity index (χ1n) is 8.80. The Morgan fingerprint density at radius 1 is 1.11 bits per heavy atom. The number of Topliss-reactive ketones (excluding diaryl/α,β-unsaturated/α-hetero) is 1. The molecule has 1 amide bonds. The molecule has 6 heteroatoms. The minimum absolute atomic E-state index is 0.317. The number of halogens is 1. The fourth-order valence-corrected chi connectivity index (χ4v) is 3.84. The van der Waals surface area contributed by atoms with E-state index in [4.69, 9.17) is 0 Å². The highest BCUT2D eigenvalue weighted by molar-refractivity contribution is 9.10. The van der Waals surface area contributed by atoms with E-state index >= 15 is 0 Å². The summed E-state index contributed by atoms with van der Waals surface area (Å²) in [4.78, 5) is 31.5. The van der Waals surface area contributed by atoms with Crippen LogP contribution in [0.4, 0.5) is 5.69 Å². The number of amides is 1. The summed E-state index contributed by atoms with van der Waals surface area (Å²) in [6.07, 6.45) is 2.67. The van der Waals surface area contributed by atoms with Gasteiger partial charge < -0.3 is 10.0 Å². The Morgan fingerprint density at radius 2 is 1.89 bits per heavy atom. The molecule has 1 aliphatic rings. The predicted octanol–water partition coefficient (Wildman–Crippen LogP) is 3.85. The Labute approximate surface area is 170 Å². The van der Waals surface area contributed by atoms with E-state index in [1.165, 1.54) is 11.1 Å². The van der Waals surface area contributed by atoms with E-state index in [1.807, 2.05) is 36.4 Å². The number of anilines is 1. The summed E-state index contributed by atoms with van der Waals surface area (Å²) in [5.41, 5.74) is 0.425. The van der Waals surface area contributed by atoms with Gasteiger partial charge in [-0.3, -0.25) is 14.6 Å². The number of carbonyl (C=O) groups is 2. The minimum Gasteiger partial charge on any atom is -0.375 e. The second-order valence-electron chi connectivity index (χ2n) is 6.74. The minimum atomic E-state index is -1.92. The van der Waals surface area contributed by atoms with Crippen LogP contribution >= 0.6 is 15.9 Å². The summed E-state index contributed by atoms with van der Waals surface area (Å²) in [6, 6.07) is 18.1. The molecule has 1 N–H and O–H groups in total. The van der Waals surface area contributed by atoms with Crippen molar-refractivity contribution >= 4 is 33.3 Å². The molecule has 2 heterocycles. The molecule has 1 atom stereocenters. The molecule has 28 heavy (non-hydrogen) atoms. The van der Waals surface area contributed by atoms with Crippen molar-refractivity contribution in [3.8, 4) is 0 Å². The van der Waals surface area contributed by atoms with Crippen LogP contribution in [0.1, 0.15) is 27.9 Å². The van der Waals surface area contributed by atoms with Crippen LogP contribution in [-0.2, 0) is 16.9 Å². The topological polar surface area (TPSA) is 70.5 Å². The van der Waals surface area contributed by atoms with Gasteiger partial charge in [0.2, 0.25) is 0 Å². The standard InChI is InChI=1S/C22H17BrN2O3/c23-17-8-9-19-18(11-17)22(28,12-20(26)16-7-4-10-24-13-16)21(27)25(19)14-15-5-2-1-3-6-15/h1-11,13,28H,12,14H2/t22-/m0/s1. The maximum atomic E-state index is 13.3. The number of fused-ring (bicyclic) bond motifs is 1. The highest BCUT2D eigenvalue weighted by Crippen LogP contribution is 2.44. The normalized spacial score (nSPS) is 18.2. The molecule has 0 unspecified atom stereocenters. The molecule has 0 saturated carbocycles. The third-order valence-corrected chi connectivity index (χ3v) is 5.37. The molecule has 0 aliphatic carbocycles. The first-order chi connectivity index (χ1) is 13.5. The second-order valence-corrected chi connectivity index (χ2v) is 7.66. The summed E-state index contributed by atoms with van der Waals surface area (Å²) in [7, 11) is 0. The number of benzene rings is 2. The monoisotopic (exact) mass is 436 g/mol. The molecule has 4 rings (SSSR count). The molecule has 1 aromatic heterocycles. The van der Waals surface area contributed by atoms with Crippen molar-refractivity contribution in [2.45, 2.75) is 18.6 Å². The molecule has 3 aromatic rings. The molecular formula is C22H17BrN2O3. The quantitative estimate of drug-likeness (QED) is 0.616. The third-order valence-electron chi connectivity index (χ3n) is 4.88. The molecule has 0 radical (unpaired) electrons. The molecule has 0 saturated heterocycles.